The summed E-state index contributed by atoms with van der Waals surface area (Å²) in [6.45, 7) is -2.96. The first-order valence-electron chi connectivity index (χ1n) is 21.4. The van der Waals surface area contributed by atoms with E-state index >= 15 is 0 Å². The zero-order chi connectivity index (χ0) is 49.7. The molecule has 3 fully saturated rings. The van der Waals surface area contributed by atoms with Gasteiger partial charge in [-0.05, 0) is 0 Å². The van der Waals surface area contributed by atoms with Crippen molar-refractivity contribution in [2.24, 2.45) is 0 Å². The maximum atomic E-state index is 10.4. The van der Waals surface area contributed by atoms with E-state index in [-0.39, 0.29) is 73.8 Å². The maximum absolute atomic E-state index is 10.4. The van der Waals surface area contributed by atoms with Gasteiger partial charge in [-0.1, -0.05) is 15.6 Å². The Kier molecular flexibility index (Phi) is 17.4. The van der Waals surface area contributed by atoms with Gasteiger partial charge in [-0.15, -0.1) is 15.3 Å². The number of hydrogen-bond acceptors (Lipinski definition) is 27. The summed E-state index contributed by atoms with van der Waals surface area (Å²) < 4.78 is 55.7. The van der Waals surface area contributed by atoms with Crippen LogP contribution >= 0.6 is 0 Å². The van der Waals surface area contributed by atoms with Crippen LogP contribution in [-0.2, 0) is 67.9 Å². The molecule has 69 heavy (non-hydrogen) atoms. The number of ether oxygens (including phenoxy) is 9. The predicted octanol–water partition coefficient (Wildman–Crippen LogP) is -7.42. The van der Waals surface area contributed by atoms with Gasteiger partial charge in [-0.3, -0.25) is 0 Å². The zero-order valence-electron chi connectivity index (χ0n) is 37.3. The smallest absolute Gasteiger partial charge is 0.187 e. The number of benzene rings is 1. The minimum atomic E-state index is -1.65. The van der Waals surface area contributed by atoms with Crippen LogP contribution in [-0.4, -0.2) is 240 Å². The highest BCUT2D eigenvalue weighted by Crippen LogP contribution is 2.45. The van der Waals surface area contributed by atoms with E-state index in [2.05, 4.69) is 30.9 Å². The number of aliphatic hydroxyl groups excluding tert-OH is 12. The van der Waals surface area contributed by atoms with Crippen LogP contribution in [0.5, 0.6) is 17.2 Å². The number of aliphatic hydroxyl groups is 12. The molecule has 3 aliphatic heterocycles. The van der Waals surface area contributed by atoms with Gasteiger partial charge in [0.05, 0.1) is 116 Å². The van der Waals surface area contributed by atoms with Crippen LogP contribution in [0.1, 0.15) is 33.8 Å². The van der Waals surface area contributed by atoms with E-state index in [1.54, 1.807) is 0 Å². The van der Waals surface area contributed by atoms with Gasteiger partial charge in [0, 0.05) is 0 Å². The van der Waals surface area contributed by atoms with Crippen LogP contribution in [0.3, 0.4) is 0 Å². The fraction of sp³-hybridized carbons (Fsp3) is 0.692. The molecule has 7 rings (SSSR count). The summed E-state index contributed by atoms with van der Waals surface area (Å²) in [5.74, 6) is 0.761. The van der Waals surface area contributed by atoms with Crippen LogP contribution in [0.4, 0.5) is 0 Å². The Bertz CT molecular complexity index is 2000. The molecule has 0 unspecified atom stereocenters. The summed E-state index contributed by atoms with van der Waals surface area (Å²) in [4.78, 5) is 0. The molecule has 4 aromatic rings. The third kappa shape index (κ3) is 11.3. The Balaban J connectivity index is 1.16. The van der Waals surface area contributed by atoms with E-state index < -0.39 is 112 Å². The molecule has 30 heteroatoms. The van der Waals surface area contributed by atoms with Gasteiger partial charge in [0.15, 0.2) is 18.9 Å². The molecule has 384 valence electrons. The number of rotatable bonds is 21. The fourth-order valence-electron chi connectivity index (χ4n) is 8.08. The molecular weight excluding hydrogens is 930 g/mol. The monoisotopic (exact) mass is 987 g/mol. The average Bonchev–Trinajstić information content (AvgIpc) is 4.13. The molecule has 0 aliphatic carbocycles. The first-order valence-corrected chi connectivity index (χ1v) is 21.4. The molecule has 0 spiro atoms. The molecule has 12 N–H and O–H groups in total. The standard InChI is InChI=1S/C39H57N9O21/c1-61-34-19(7-46-4-16(40-43-46)13-64-37-31(58)28(55)25(52)22(10-49)67-37)35(62-2)21(9-48-6-18(42-45-48)15-66-39-33(60)30(57)27(54)24(12-51)69-39)36(63-3)20(34)8-47-5-17(41-44-47)14-65-38-32(59)29(56)26(53)23(11-50)68-38/h4-6,22-33,37-39,49-60H,7-15H2,1-3H3/t22-,23-,24-,25-,26-,27-,28+,29+,30+,31+,32+,33+,37+,38+,39+/m1/s1. The second-order valence-corrected chi connectivity index (χ2v) is 16.3. The first kappa shape index (κ1) is 52.2. The van der Waals surface area contributed by atoms with E-state index in [0.717, 1.165) is 0 Å². The summed E-state index contributed by atoms with van der Waals surface area (Å²) in [6.07, 6.45) is -17.9. The summed E-state index contributed by atoms with van der Waals surface area (Å²) in [6, 6.07) is 0. The molecule has 3 aliphatic rings. The molecule has 1 aromatic carbocycles. The Morgan fingerprint density at radius 3 is 0.913 bits per heavy atom. The van der Waals surface area contributed by atoms with Crippen molar-refractivity contribution in [3.05, 3.63) is 52.4 Å². The lowest BCUT2D eigenvalue weighted by atomic mass is 9.99. The van der Waals surface area contributed by atoms with Gasteiger partial charge in [0.25, 0.3) is 0 Å². The van der Waals surface area contributed by atoms with E-state index in [1.165, 1.54) is 54.0 Å². The van der Waals surface area contributed by atoms with E-state index in [9.17, 15) is 61.3 Å². The molecule has 30 nitrogen and oxygen atoms in total. The highest BCUT2D eigenvalue weighted by Gasteiger charge is 2.46. The van der Waals surface area contributed by atoms with Gasteiger partial charge >= 0.3 is 0 Å². The summed E-state index contributed by atoms with van der Waals surface area (Å²) >= 11 is 0. The maximum Gasteiger partial charge on any atom is 0.187 e. The van der Waals surface area contributed by atoms with E-state index in [4.69, 9.17) is 42.6 Å². The average molecular weight is 988 g/mol. The van der Waals surface area contributed by atoms with E-state index in [1.807, 2.05) is 0 Å². The summed E-state index contributed by atoms with van der Waals surface area (Å²) in [7, 11) is 4.26. The number of hydrogen-bond donors (Lipinski definition) is 12. The highest BCUT2D eigenvalue weighted by atomic mass is 16.7. The van der Waals surface area contributed by atoms with Crippen molar-refractivity contribution in [2.75, 3.05) is 41.2 Å². The Morgan fingerprint density at radius 1 is 0.420 bits per heavy atom. The number of nitrogens with zero attached hydrogens (tertiary/aromatic N) is 9. The largest absolute Gasteiger partial charge is 0.496 e. The highest BCUT2D eigenvalue weighted by molar-refractivity contribution is 5.63. The lowest BCUT2D eigenvalue weighted by Gasteiger charge is -2.39. The quantitative estimate of drug-likeness (QED) is 0.0369. The molecule has 0 amide bonds. The molecule has 15 atom stereocenters. The lowest BCUT2D eigenvalue weighted by Crippen LogP contribution is -2.59. The molecular formula is C39H57N9O21. The Morgan fingerprint density at radius 2 is 0.681 bits per heavy atom. The van der Waals surface area contributed by atoms with Crippen molar-refractivity contribution in [1.29, 1.82) is 0 Å². The Hall–Kier alpha value is -4.68. The second-order valence-electron chi connectivity index (χ2n) is 16.3. The topological polar surface area (TPSA) is 418 Å². The van der Waals surface area contributed by atoms with Crippen LogP contribution < -0.4 is 14.2 Å². The SMILES string of the molecule is COc1c(Cn2cc(CO[C@H]3O[C@H](CO)[C@@H](O)[C@H](O)[C@@H]3O)nn2)c(OC)c(Cn2cc(CO[C@H]3O[C@H](CO)[C@@H](O)[C@H](O)[C@@H]3O)nn2)c(OC)c1Cn1cc(CO[C@H]2O[C@H](CO)[C@@H](O)[C@H](O)[C@@H]2O)nn1. The Labute approximate surface area is 390 Å². The van der Waals surface area contributed by atoms with Crippen LogP contribution in [0, 0.1) is 0 Å². The van der Waals surface area contributed by atoms with Crippen molar-refractivity contribution in [3.63, 3.8) is 0 Å². The number of methoxy groups -OCH3 is 3. The molecule has 3 aromatic heterocycles. The summed E-state index contributed by atoms with van der Waals surface area (Å²) in [5.41, 5.74) is 1.99. The van der Waals surface area contributed by atoms with Crippen LogP contribution in [0.15, 0.2) is 18.6 Å². The molecule has 0 saturated carbocycles. The van der Waals surface area contributed by atoms with Gasteiger partial charge < -0.3 is 104 Å². The van der Waals surface area contributed by atoms with Crippen molar-refractivity contribution >= 4 is 0 Å². The van der Waals surface area contributed by atoms with Crippen molar-refractivity contribution in [3.8, 4) is 17.2 Å². The van der Waals surface area contributed by atoms with Gasteiger partial charge in [0.2, 0.25) is 0 Å². The van der Waals surface area contributed by atoms with Gasteiger partial charge in [0.1, 0.15) is 108 Å². The van der Waals surface area contributed by atoms with Crippen molar-refractivity contribution in [2.45, 2.75) is 132 Å². The zero-order valence-corrected chi connectivity index (χ0v) is 37.3. The molecule has 0 bridgehead atoms. The minimum Gasteiger partial charge on any atom is -0.496 e. The number of aromatic nitrogens is 9. The first-order chi connectivity index (χ1) is 33.1. The minimum absolute atomic E-state index is 0.0610. The molecule has 0 radical (unpaired) electrons. The predicted molar refractivity (Wildman–Crippen MR) is 219 cm³/mol. The van der Waals surface area contributed by atoms with E-state index in [0.29, 0.717) is 16.7 Å². The molecule has 3 saturated heterocycles. The fourth-order valence-corrected chi connectivity index (χ4v) is 8.08. The third-order valence-corrected chi connectivity index (χ3v) is 11.7. The summed E-state index contributed by atoms with van der Waals surface area (Å²) in [5, 5.41) is 146. The van der Waals surface area contributed by atoms with Crippen molar-refractivity contribution < 1.29 is 104 Å². The van der Waals surface area contributed by atoms with Crippen molar-refractivity contribution in [1.82, 2.24) is 45.0 Å². The van der Waals surface area contributed by atoms with Crippen LogP contribution in [0.25, 0.3) is 0 Å². The second kappa shape index (κ2) is 23.0. The van der Waals surface area contributed by atoms with Crippen LogP contribution in [0.2, 0.25) is 0 Å². The molecule has 6 heterocycles. The van der Waals surface area contributed by atoms with Gasteiger partial charge in [-0.2, -0.15) is 0 Å². The normalized spacial score (nSPS) is 31.8. The van der Waals surface area contributed by atoms with Gasteiger partial charge in [-0.25, -0.2) is 14.0 Å². The third-order valence-electron chi connectivity index (χ3n) is 11.7. The lowest BCUT2D eigenvalue weighted by molar-refractivity contribution is -0.304.